The molecule has 5 atom stereocenters. The van der Waals surface area contributed by atoms with Crippen LogP contribution in [0.4, 0.5) is 0 Å². The van der Waals surface area contributed by atoms with E-state index in [1.165, 1.54) is 0 Å². The van der Waals surface area contributed by atoms with Crippen LogP contribution in [-0.4, -0.2) is 31.1 Å². The van der Waals surface area contributed by atoms with Crippen LogP contribution in [0.2, 0.25) is 18.1 Å². The van der Waals surface area contributed by atoms with E-state index >= 15 is 0 Å². The third-order valence-electron chi connectivity index (χ3n) is 6.49. The van der Waals surface area contributed by atoms with Gasteiger partial charge in [0.05, 0.1) is 12.7 Å². The van der Waals surface area contributed by atoms with Crippen LogP contribution in [0.5, 0.6) is 0 Å². The molecule has 0 amide bonds. The lowest BCUT2D eigenvalue weighted by Gasteiger charge is -2.39. The number of halogens is 1. The average Bonchev–Trinajstić information content (AvgIpc) is 3.01. The zero-order valence-corrected chi connectivity index (χ0v) is 19.1. The molecule has 26 heavy (non-hydrogen) atoms. The summed E-state index contributed by atoms with van der Waals surface area (Å²) in [6.45, 7) is 11.9. The number of ether oxygens (including phenoxy) is 1. The molecule has 1 aromatic rings. The Kier molecular flexibility index (Phi) is 5.84. The number of ketones is 1. The van der Waals surface area contributed by atoms with E-state index < -0.39 is 8.32 Å². The van der Waals surface area contributed by atoms with Crippen molar-refractivity contribution in [2.75, 3.05) is 0 Å². The van der Waals surface area contributed by atoms with Crippen molar-refractivity contribution < 1.29 is 14.0 Å². The molecule has 0 radical (unpaired) electrons. The predicted octanol–water partition coefficient (Wildman–Crippen LogP) is 5.33. The van der Waals surface area contributed by atoms with Gasteiger partial charge in [0, 0.05) is 11.2 Å². The molecule has 0 unspecified atom stereocenters. The fourth-order valence-corrected chi connectivity index (χ4v) is 6.38. The van der Waals surface area contributed by atoms with Crippen molar-refractivity contribution in [2.24, 2.45) is 11.8 Å². The highest BCUT2D eigenvalue weighted by Crippen LogP contribution is 2.50. The van der Waals surface area contributed by atoms with Crippen LogP contribution < -0.4 is 0 Å². The normalized spacial score (nSPS) is 32.1. The lowest BCUT2D eigenvalue weighted by atomic mass is 9.99. The zero-order valence-electron chi connectivity index (χ0n) is 16.5. The van der Waals surface area contributed by atoms with Crippen LogP contribution in [0.1, 0.15) is 39.2 Å². The molecule has 2 aliphatic rings. The second kappa shape index (κ2) is 7.49. The Hall–Kier alpha value is -0.493. The van der Waals surface area contributed by atoms with Crippen LogP contribution in [0.25, 0.3) is 0 Å². The minimum atomic E-state index is -1.83. The quantitative estimate of drug-likeness (QED) is 0.459. The highest BCUT2D eigenvalue weighted by atomic mass is 79.9. The molecule has 3 nitrogen and oxygen atoms in total. The predicted molar refractivity (Wildman–Crippen MR) is 111 cm³/mol. The molecule has 3 rings (SSSR count). The summed E-state index contributed by atoms with van der Waals surface area (Å²) in [5, 5.41) is 0.191. The van der Waals surface area contributed by atoms with Gasteiger partial charge in [0.25, 0.3) is 0 Å². The monoisotopic (exact) mass is 438 g/mol. The molecule has 2 saturated carbocycles. The van der Waals surface area contributed by atoms with E-state index in [0.717, 1.165) is 12.0 Å². The van der Waals surface area contributed by atoms with Crippen molar-refractivity contribution in [1.29, 1.82) is 0 Å². The summed E-state index contributed by atoms with van der Waals surface area (Å²) in [6, 6.07) is 10.1. The van der Waals surface area contributed by atoms with Crippen LogP contribution in [0.3, 0.4) is 0 Å². The molecular weight excluding hydrogens is 408 g/mol. The largest absolute Gasteiger partial charge is 0.413 e. The van der Waals surface area contributed by atoms with E-state index in [1.54, 1.807) is 0 Å². The summed E-state index contributed by atoms with van der Waals surface area (Å²) in [5.41, 5.74) is 1.12. The standard InChI is InChI=1S/C21H31BrO3Si/c1-21(2,3)26(4,5)25-18-12-16-15(19(18)22)11-17(23)20(16)24-13-14-9-7-6-8-10-14/h6-10,15-16,18-20H,11-13H2,1-5H3/t15-,16-,18+,19+,20-/m0/s1. The first kappa shape index (κ1) is 20.2. The number of Topliss-reactive ketones (excluding diaryl/α,β-unsaturated/α-hetero) is 1. The van der Waals surface area contributed by atoms with Crippen molar-refractivity contribution >= 4 is 30.0 Å². The Morgan fingerprint density at radius 1 is 1.15 bits per heavy atom. The SMILES string of the molecule is CC(C)(C)[Si](C)(C)O[C@@H]1C[C@H]2[C@H](CC(=O)[C@H]2OCc2ccccc2)[C@H]1Br. The Morgan fingerprint density at radius 2 is 1.81 bits per heavy atom. The lowest BCUT2D eigenvalue weighted by molar-refractivity contribution is -0.130. The molecule has 2 aliphatic carbocycles. The van der Waals surface area contributed by atoms with Gasteiger partial charge in [0.2, 0.25) is 0 Å². The van der Waals surface area contributed by atoms with Crippen molar-refractivity contribution in [1.82, 2.24) is 0 Å². The zero-order chi connectivity index (χ0) is 19.1. The summed E-state index contributed by atoms with van der Waals surface area (Å²) >= 11 is 3.87. The van der Waals surface area contributed by atoms with Gasteiger partial charge in [-0.3, -0.25) is 4.79 Å². The maximum atomic E-state index is 12.5. The maximum absolute atomic E-state index is 12.5. The molecule has 0 spiro atoms. The van der Waals surface area contributed by atoms with Gasteiger partial charge >= 0.3 is 0 Å². The Labute approximate surface area is 167 Å². The molecule has 0 bridgehead atoms. The average molecular weight is 439 g/mol. The number of benzene rings is 1. The van der Waals surface area contributed by atoms with Gasteiger partial charge in [0.15, 0.2) is 14.1 Å². The van der Waals surface area contributed by atoms with Gasteiger partial charge in [-0.15, -0.1) is 0 Å². The number of hydrogen-bond acceptors (Lipinski definition) is 3. The topological polar surface area (TPSA) is 35.5 Å². The first-order valence-electron chi connectivity index (χ1n) is 9.60. The Balaban J connectivity index is 1.66. The summed E-state index contributed by atoms with van der Waals surface area (Å²) in [4.78, 5) is 12.8. The van der Waals surface area contributed by atoms with Crippen LogP contribution >= 0.6 is 15.9 Å². The van der Waals surface area contributed by atoms with Crippen molar-refractivity contribution in [2.45, 2.75) is 75.4 Å². The number of alkyl halides is 1. The molecule has 144 valence electrons. The van der Waals surface area contributed by atoms with Gasteiger partial charge in [-0.05, 0) is 42.0 Å². The fourth-order valence-electron chi connectivity index (χ4n) is 3.93. The maximum Gasteiger partial charge on any atom is 0.192 e. The molecule has 0 N–H and O–H groups in total. The van der Waals surface area contributed by atoms with Crippen LogP contribution in [-0.2, 0) is 20.6 Å². The van der Waals surface area contributed by atoms with Crippen molar-refractivity contribution in [3.05, 3.63) is 35.9 Å². The van der Waals surface area contributed by atoms with E-state index in [-0.39, 0.29) is 33.8 Å². The van der Waals surface area contributed by atoms with Crippen LogP contribution in [0.15, 0.2) is 30.3 Å². The highest BCUT2D eigenvalue weighted by Gasteiger charge is 2.55. The molecule has 0 heterocycles. The summed E-state index contributed by atoms with van der Waals surface area (Å²) in [6.07, 6.45) is 1.42. The smallest absolute Gasteiger partial charge is 0.192 e. The summed E-state index contributed by atoms with van der Waals surface area (Å²) in [5.74, 6) is 0.856. The second-order valence-electron chi connectivity index (χ2n) is 9.31. The van der Waals surface area contributed by atoms with Gasteiger partial charge in [-0.2, -0.15) is 0 Å². The summed E-state index contributed by atoms with van der Waals surface area (Å²) < 4.78 is 12.8. The number of carbonyl (C=O) groups excluding carboxylic acids is 1. The minimum Gasteiger partial charge on any atom is -0.413 e. The Bertz CT molecular complexity index is 640. The third-order valence-corrected chi connectivity index (χ3v) is 12.3. The number of carbonyl (C=O) groups is 1. The summed E-state index contributed by atoms with van der Waals surface area (Å²) in [7, 11) is -1.83. The molecule has 2 fully saturated rings. The van der Waals surface area contributed by atoms with E-state index in [0.29, 0.717) is 18.9 Å². The molecule has 5 heteroatoms. The van der Waals surface area contributed by atoms with E-state index in [4.69, 9.17) is 9.16 Å². The van der Waals surface area contributed by atoms with E-state index in [1.807, 2.05) is 30.3 Å². The molecule has 0 aromatic heterocycles. The van der Waals surface area contributed by atoms with E-state index in [9.17, 15) is 4.79 Å². The number of rotatable bonds is 5. The van der Waals surface area contributed by atoms with Gasteiger partial charge in [-0.25, -0.2) is 0 Å². The number of fused-ring (bicyclic) bond motifs is 1. The Morgan fingerprint density at radius 3 is 2.42 bits per heavy atom. The highest BCUT2D eigenvalue weighted by molar-refractivity contribution is 9.09. The van der Waals surface area contributed by atoms with Gasteiger partial charge in [0.1, 0.15) is 6.10 Å². The van der Waals surface area contributed by atoms with Crippen LogP contribution in [0, 0.1) is 11.8 Å². The van der Waals surface area contributed by atoms with E-state index in [2.05, 4.69) is 49.8 Å². The second-order valence-corrected chi connectivity index (χ2v) is 15.1. The van der Waals surface area contributed by atoms with Crippen molar-refractivity contribution in [3.63, 3.8) is 0 Å². The van der Waals surface area contributed by atoms with Gasteiger partial charge in [-0.1, -0.05) is 67.0 Å². The molecule has 0 aliphatic heterocycles. The first-order chi connectivity index (χ1) is 12.1. The van der Waals surface area contributed by atoms with Crippen molar-refractivity contribution in [3.8, 4) is 0 Å². The third kappa shape index (κ3) is 4.01. The molecule has 1 aromatic carbocycles. The molecule has 0 saturated heterocycles. The minimum absolute atomic E-state index is 0.182. The van der Waals surface area contributed by atoms with Gasteiger partial charge < -0.3 is 9.16 Å². The fraction of sp³-hybridized carbons (Fsp3) is 0.667. The first-order valence-corrected chi connectivity index (χ1v) is 13.4. The lowest BCUT2D eigenvalue weighted by Crippen LogP contribution is -2.45. The number of hydrogen-bond donors (Lipinski definition) is 0. The molecular formula is C21H31BrO3Si.